The van der Waals surface area contributed by atoms with Gasteiger partial charge in [0, 0.05) is 24.8 Å². The van der Waals surface area contributed by atoms with Crippen LogP contribution in [0.5, 0.6) is 0 Å². The standard InChI is InChI=1S/C20H27NO3S/c1-15(12-24-13-16-6-3-2-4-7-16)9-10-19(23)21-11-5-8-18-20(21)17(22)14-25-18/h2-4,6-7,15,18,20H,5,8-14H2,1H3. The lowest BCUT2D eigenvalue weighted by Gasteiger charge is -2.36. The first-order valence-corrected chi connectivity index (χ1v) is 10.3. The maximum atomic E-state index is 12.6. The zero-order chi connectivity index (χ0) is 17.6. The third-order valence-corrected chi connectivity index (χ3v) is 6.40. The van der Waals surface area contributed by atoms with Crippen molar-refractivity contribution in [3.63, 3.8) is 0 Å². The van der Waals surface area contributed by atoms with Crippen molar-refractivity contribution in [2.75, 3.05) is 18.9 Å². The van der Waals surface area contributed by atoms with Gasteiger partial charge in [-0.2, -0.15) is 0 Å². The Hall–Kier alpha value is -1.33. The molecule has 2 aliphatic rings. The maximum absolute atomic E-state index is 12.6. The van der Waals surface area contributed by atoms with Gasteiger partial charge in [0.2, 0.25) is 5.91 Å². The van der Waals surface area contributed by atoms with Gasteiger partial charge in [-0.1, -0.05) is 37.3 Å². The molecule has 0 bridgehead atoms. The molecular weight excluding hydrogens is 334 g/mol. The minimum atomic E-state index is -0.157. The van der Waals surface area contributed by atoms with Gasteiger partial charge in [0.25, 0.3) is 0 Å². The summed E-state index contributed by atoms with van der Waals surface area (Å²) >= 11 is 1.73. The molecule has 1 aromatic rings. The van der Waals surface area contributed by atoms with E-state index in [4.69, 9.17) is 4.74 Å². The van der Waals surface area contributed by atoms with Crippen LogP contribution in [-0.2, 0) is 20.9 Å². The Balaban J connectivity index is 1.40. The molecule has 5 heteroatoms. The third-order valence-electron chi connectivity index (χ3n) is 5.03. The summed E-state index contributed by atoms with van der Waals surface area (Å²) in [6, 6.07) is 9.96. The molecule has 3 unspecified atom stereocenters. The normalized spacial score (nSPS) is 24.2. The molecule has 136 valence electrons. The molecular formula is C20H27NO3S. The van der Waals surface area contributed by atoms with Gasteiger partial charge in [-0.05, 0) is 30.7 Å². The van der Waals surface area contributed by atoms with E-state index in [9.17, 15) is 9.59 Å². The Kier molecular flexibility index (Phi) is 6.54. The lowest BCUT2D eigenvalue weighted by Crippen LogP contribution is -2.51. The molecule has 0 saturated carbocycles. The highest BCUT2D eigenvalue weighted by atomic mass is 32.2. The first-order chi connectivity index (χ1) is 12.1. The van der Waals surface area contributed by atoms with E-state index in [1.807, 2.05) is 23.1 Å². The maximum Gasteiger partial charge on any atom is 0.223 e. The molecule has 3 atom stereocenters. The quantitative estimate of drug-likeness (QED) is 0.748. The zero-order valence-electron chi connectivity index (χ0n) is 14.9. The van der Waals surface area contributed by atoms with Crippen LogP contribution < -0.4 is 0 Å². The summed E-state index contributed by atoms with van der Waals surface area (Å²) in [6.07, 6.45) is 3.40. The van der Waals surface area contributed by atoms with E-state index in [1.54, 1.807) is 11.8 Å². The average molecular weight is 362 g/mol. The lowest BCUT2D eigenvalue weighted by molar-refractivity contribution is -0.140. The van der Waals surface area contributed by atoms with Gasteiger partial charge in [-0.25, -0.2) is 0 Å². The van der Waals surface area contributed by atoms with Crippen LogP contribution in [-0.4, -0.2) is 46.8 Å². The molecule has 0 N–H and O–H groups in total. The second-order valence-corrected chi connectivity index (χ2v) is 8.36. The summed E-state index contributed by atoms with van der Waals surface area (Å²) in [5.41, 5.74) is 1.17. The number of nitrogens with zero attached hydrogens (tertiary/aromatic N) is 1. The van der Waals surface area contributed by atoms with E-state index in [0.29, 0.717) is 36.6 Å². The number of thioether (sulfide) groups is 1. The van der Waals surface area contributed by atoms with Gasteiger partial charge in [0.05, 0.1) is 12.4 Å². The SMILES string of the molecule is CC(CCC(=O)N1CCCC2SCC(=O)C21)COCc1ccccc1. The molecule has 0 radical (unpaired) electrons. The van der Waals surface area contributed by atoms with E-state index in [2.05, 4.69) is 19.1 Å². The van der Waals surface area contributed by atoms with Gasteiger partial charge < -0.3 is 9.64 Å². The van der Waals surface area contributed by atoms with Gasteiger partial charge in [0.15, 0.2) is 5.78 Å². The fourth-order valence-electron chi connectivity index (χ4n) is 3.62. The predicted molar refractivity (Wildman–Crippen MR) is 100 cm³/mol. The van der Waals surface area contributed by atoms with Crippen LogP contribution in [0.2, 0.25) is 0 Å². The topological polar surface area (TPSA) is 46.6 Å². The summed E-state index contributed by atoms with van der Waals surface area (Å²) in [5, 5.41) is 0.330. The van der Waals surface area contributed by atoms with Crippen molar-refractivity contribution in [2.45, 2.75) is 50.5 Å². The van der Waals surface area contributed by atoms with Crippen molar-refractivity contribution in [3.05, 3.63) is 35.9 Å². The molecule has 2 heterocycles. The van der Waals surface area contributed by atoms with Crippen LogP contribution in [0.3, 0.4) is 0 Å². The van der Waals surface area contributed by atoms with Crippen LogP contribution in [0.25, 0.3) is 0 Å². The fraction of sp³-hybridized carbons (Fsp3) is 0.600. The van der Waals surface area contributed by atoms with Crippen molar-refractivity contribution in [3.8, 4) is 0 Å². The van der Waals surface area contributed by atoms with Crippen molar-refractivity contribution in [1.29, 1.82) is 0 Å². The monoisotopic (exact) mass is 361 g/mol. The second kappa shape index (κ2) is 8.86. The number of amides is 1. The van der Waals surface area contributed by atoms with Crippen LogP contribution in [0.4, 0.5) is 0 Å². The molecule has 2 fully saturated rings. The molecule has 3 rings (SSSR count). The number of hydrogen-bond acceptors (Lipinski definition) is 4. The number of carbonyl (C=O) groups is 2. The van der Waals surface area contributed by atoms with E-state index >= 15 is 0 Å². The molecule has 2 saturated heterocycles. The Labute approximate surface area is 154 Å². The van der Waals surface area contributed by atoms with Crippen LogP contribution in [0, 0.1) is 5.92 Å². The number of likely N-dealkylation sites (tertiary alicyclic amines) is 1. The number of piperidine rings is 1. The van der Waals surface area contributed by atoms with Gasteiger partial charge in [-0.15, -0.1) is 11.8 Å². The molecule has 0 aromatic heterocycles. The van der Waals surface area contributed by atoms with E-state index in [0.717, 1.165) is 25.8 Å². The predicted octanol–water partition coefficient (Wildman–Crippen LogP) is 3.30. The number of hydrogen-bond donors (Lipinski definition) is 0. The number of Topliss-reactive ketones (excluding diaryl/α,β-unsaturated/α-hetero) is 1. The summed E-state index contributed by atoms with van der Waals surface area (Å²) in [6.45, 7) is 4.13. The number of rotatable bonds is 7. The highest BCUT2D eigenvalue weighted by Gasteiger charge is 2.43. The first kappa shape index (κ1) is 18.5. The fourth-order valence-corrected chi connectivity index (χ4v) is 4.98. The molecule has 1 aromatic carbocycles. The van der Waals surface area contributed by atoms with Crippen LogP contribution in [0.15, 0.2) is 30.3 Å². The van der Waals surface area contributed by atoms with Gasteiger partial charge >= 0.3 is 0 Å². The minimum Gasteiger partial charge on any atom is -0.376 e. The van der Waals surface area contributed by atoms with E-state index in [1.165, 1.54) is 5.56 Å². The highest BCUT2D eigenvalue weighted by Crippen LogP contribution is 2.35. The zero-order valence-corrected chi connectivity index (χ0v) is 15.7. The van der Waals surface area contributed by atoms with Crippen molar-refractivity contribution in [2.24, 2.45) is 5.92 Å². The largest absolute Gasteiger partial charge is 0.376 e. The average Bonchev–Trinajstić information content (AvgIpc) is 3.02. The molecule has 1 amide bonds. The third kappa shape index (κ3) is 4.85. The number of fused-ring (bicyclic) bond motifs is 1. The van der Waals surface area contributed by atoms with E-state index < -0.39 is 0 Å². The lowest BCUT2D eigenvalue weighted by atomic mass is 9.97. The molecule has 4 nitrogen and oxygen atoms in total. The highest BCUT2D eigenvalue weighted by molar-refractivity contribution is 8.01. The Morgan fingerprint density at radius 3 is 2.96 bits per heavy atom. The molecule has 25 heavy (non-hydrogen) atoms. The summed E-state index contributed by atoms with van der Waals surface area (Å²) in [5.74, 6) is 1.28. The number of ketones is 1. The van der Waals surface area contributed by atoms with Crippen molar-refractivity contribution < 1.29 is 14.3 Å². The molecule has 0 spiro atoms. The molecule has 0 aliphatic carbocycles. The van der Waals surface area contributed by atoms with Crippen molar-refractivity contribution in [1.82, 2.24) is 4.90 Å². The van der Waals surface area contributed by atoms with E-state index in [-0.39, 0.29) is 17.7 Å². The second-order valence-electron chi connectivity index (χ2n) is 7.13. The number of carbonyl (C=O) groups excluding carboxylic acids is 2. The van der Waals surface area contributed by atoms with Crippen molar-refractivity contribution >= 4 is 23.5 Å². The Bertz CT molecular complexity index is 592. The Morgan fingerprint density at radius 1 is 1.36 bits per heavy atom. The minimum absolute atomic E-state index is 0.139. The number of benzene rings is 1. The Morgan fingerprint density at radius 2 is 2.16 bits per heavy atom. The summed E-state index contributed by atoms with van der Waals surface area (Å²) < 4.78 is 5.76. The van der Waals surface area contributed by atoms with Gasteiger partial charge in [-0.3, -0.25) is 9.59 Å². The number of ether oxygens (including phenoxy) is 1. The molecule has 2 aliphatic heterocycles. The first-order valence-electron chi connectivity index (χ1n) is 9.20. The van der Waals surface area contributed by atoms with Gasteiger partial charge in [0.1, 0.15) is 6.04 Å². The summed E-state index contributed by atoms with van der Waals surface area (Å²) in [4.78, 5) is 26.6. The summed E-state index contributed by atoms with van der Waals surface area (Å²) in [7, 11) is 0. The van der Waals surface area contributed by atoms with Crippen LogP contribution >= 0.6 is 11.8 Å². The smallest absolute Gasteiger partial charge is 0.223 e. The van der Waals surface area contributed by atoms with Crippen LogP contribution in [0.1, 0.15) is 38.2 Å².